The lowest BCUT2D eigenvalue weighted by Crippen LogP contribution is -2.47. The number of phosphoric acid groups is 1. The van der Waals surface area contributed by atoms with Crippen molar-refractivity contribution in [1.29, 1.82) is 0 Å². The number of phosphoric ester groups is 1. The fourth-order valence-corrected chi connectivity index (χ4v) is 9.31. The van der Waals surface area contributed by atoms with Gasteiger partial charge in [0.05, 0.1) is 33.8 Å². The first-order valence-corrected chi connectivity index (χ1v) is 32.4. The maximum Gasteiger partial charge on any atom is 0.306 e. The summed E-state index contributed by atoms with van der Waals surface area (Å²) in [4.78, 5) is 39.9. The highest BCUT2D eigenvalue weighted by Gasteiger charge is 2.27. The lowest BCUT2D eigenvalue weighted by molar-refractivity contribution is -0.870. The Hall–Kier alpha value is -2.81. The number of nitrogens with zero attached hydrogens (tertiary/aromatic N) is 1. The SMILES string of the molecule is CC/C=C/C=C/C=C/CCCCCCCCCC(=O)OC(/C=C\CCCCCCCCCCC)C(COP(=O)([O-])OCC[N+](C)(C)C)NC(=O)CCCCCCCCCCCC/C=C\C/C=C\C/C=C\CCCCC. The highest BCUT2D eigenvalue weighted by atomic mass is 31.2. The molecule has 0 saturated heterocycles. The fraction of sp³-hybridized carbons (Fsp3) is 0.754. The van der Waals surface area contributed by atoms with Crippen molar-refractivity contribution in [3.8, 4) is 0 Å². The van der Waals surface area contributed by atoms with Gasteiger partial charge in [0.1, 0.15) is 19.3 Å². The summed E-state index contributed by atoms with van der Waals surface area (Å²) in [5.74, 6) is -0.561. The molecule has 0 aromatic carbocycles. The van der Waals surface area contributed by atoms with Crippen LogP contribution in [0.5, 0.6) is 0 Å². The number of hydrogen-bond donors (Lipinski definition) is 1. The van der Waals surface area contributed by atoms with Crippen LogP contribution in [0.15, 0.2) is 85.1 Å². The predicted octanol–water partition coefficient (Wildman–Crippen LogP) is 18.4. The second-order valence-corrected chi connectivity index (χ2v) is 23.3. The highest BCUT2D eigenvalue weighted by Crippen LogP contribution is 2.38. The van der Waals surface area contributed by atoms with Crippen LogP contribution in [0.4, 0.5) is 0 Å². The van der Waals surface area contributed by atoms with Crippen LogP contribution in [-0.4, -0.2) is 69.4 Å². The third kappa shape index (κ3) is 55.7. The van der Waals surface area contributed by atoms with Gasteiger partial charge in [0.15, 0.2) is 0 Å². The molecule has 1 amide bonds. The monoisotopic (exact) mass is 1070 g/mol. The van der Waals surface area contributed by atoms with Crippen molar-refractivity contribution in [3.63, 3.8) is 0 Å². The lowest BCUT2D eigenvalue weighted by atomic mass is 10.0. The normalized spacial score (nSPS) is 14.3. The lowest BCUT2D eigenvalue weighted by Gasteiger charge is -2.30. The number of ether oxygens (including phenoxy) is 1. The Bertz CT molecular complexity index is 1560. The number of unbranched alkanes of at least 4 members (excludes halogenated alkanes) is 29. The van der Waals surface area contributed by atoms with E-state index in [0.717, 1.165) is 96.3 Å². The number of carbonyl (C=O) groups excluding carboxylic acids is 2. The molecule has 434 valence electrons. The fourth-order valence-electron chi connectivity index (χ4n) is 8.59. The number of nitrogens with one attached hydrogen (secondary N) is 1. The molecule has 0 aromatic rings. The van der Waals surface area contributed by atoms with Crippen LogP contribution >= 0.6 is 7.82 Å². The Labute approximate surface area is 463 Å². The second-order valence-electron chi connectivity index (χ2n) is 21.9. The van der Waals surface area contributed by atoms with Gasteiger partial charge in [-0.15, -0.1) is 0 Å². The first-order valence-electron chi connectivity index (χ1n) is 30.9. The van der Waals surface area contributed by atoms with E-state index in [1.165, 1.54) is 128 Å². The largest absolute Gasteiger partial charge is 0.756 e. The van der Waals surface area contributed by atoms with Crippen LogP contribution in [0.25, 0.3) is 0 Å². The maximum atomic E-state index is 13.5. The average Bonchev–Trinajstić information content (AvgIpc) is 3.37. The Morgan fingerprint density at radius 1 is 0.493 bits per heavy atom. The van der Waals surface area contributed by atoms with Crippen LogP contribution in [0.2, 0.25) is 0 Å². The molecule has 0 saturated carbocycles. The van der Waals surface area contributed by atoms with Crippen LogP contribution in [-0.2, 0) is 27.9 Å². The van der Waals surface area contributed by atoms with Crippen molar-refractivity contribution in [3.05, 3.63) is 85.1 Å². The van der Waals surface area contributed by atoms with Crippen molar-refractivity contribution in [2.75, 3.05) is 40.9 Å². The molecule has 0 aliphatic rings. The standard InChI is InChI=1S/C65H117N2O7P/c1-7-10-13-16-19-22-25-27-29-30-31-32-33-34-35-36-38-39-42-45-48-51-54-57-64(68)66-62(61-73-75(70,71)72-60-59-67(4,5)6)63(56-53-50-47-44-41-24-21-18-15-12-9-3)74-65(69)58-55-52-49-46-43-40-37-28-26-23-20-17-14-11-8-2/h11,14,17,19-20,22-23,26-27,29,31-32,53,56,62-63H,7-10,12-13,15-16,18,21,24-25,28,30,33-52,54-55,57-61H2,1-6H3,(H-,66,68,70,71)/b14-11+,20-17+,22-19-,26-23+,29-27-,32-31-,56-53-. The molecule has 10 heteroatoms. The molecule has 0 rings (SSSR count). The van der Waals surface area contributed by atoms with Crippen LogP contribution < -0.4 is 10.2 Å². The van der Waals surface area contributed by atoms with E-state index in [1.54, 1.807) is 0 Å². The van der Waals surface area contributed by atoms with E-state index in [4.69, 9.17) is 13.8 Å². The van der Waals surface area contributed by atoms with Gasteiger partial charge in [-0.05, 0) is 89.5 Å². The van der Waals surface area contributed by atoms with Crippen molar-refractivity contribution >= 4 is 19.7 Å². The molecule has 0 bridgehead atoms. The van der Waals surface area contributed by atoms with Crippen molar-refractivity contribution in [1.82, 2.24) is 5.32 Å². The van der Waals surface area contributed by atoms with Gasteiger partial charge >= 0.3 is 5.97 Å². The summed E-state index contributed by atoms with van der Waals surface area (Å²) in [5.41, 5.74) is 0. The first-order chi connectivity index (χ1) is 36.4. The first kappa shape index (κ1) is 72.2. The van der Waals surface area contributed by atoms with E-state index < -0.39 is 26.6 Å². The number of esters is 1. The molecular weight excluding hydrogens is 952 g/mol. The Kier molecular flexibility index (Phi) is 52.5. The summed E-state index contributed by atoms with van der Waals surface area (Å²) in [6, 6.07) is -0.899. The second kappa shape index (κ2) is 54.5. The summed E-state index contributed by atoms with van der Waals surface area (Å²) in [6.45, 7) is 6.67. The number of quaternary nitrogens is 1. The van der Waals surface area contributed by atoms with Crippen LogP contribution in [0.3, 0.4) is 0 Å². The predicted molar refractivity (Wildman–Crippen MR) is 321 cm³/mol. The molecule has 0 aliphatic carbocycles. The summed E-state index contributed by atoms with van der Waals surface area (Å²) >= 11 is 0. The summed E-state index contributed by atoms with van der Waals surface area (Å²) in [5, 5.41) is 3.02. The third-order valence-electron chi connectivity index (χ3n) is 13.4. The minimum atomic E-state index is -4.70. The van der Waals surface area contributed by atoms with E-state index in [2.05, 4.69) is 99.0 Å². The number of amides is 1. The summed E-state index contributed by atoms with van der Waals surface area (Å²) in [7, 11) is 1.17. The van der Waals surface area contributed by atoms with Gasteiger partial charge in [-0.1, -0.05) is 247 Å². The third-order valence-corrected chi connectivity index (χ3v) is 14.3. The van der Waals surface area contributed by atoms with Crippen LogP contribution in [0, 0.1) is 0 Å². The zero-order valence-electron chi connectivity index (χ0n) is 49.5. The van der Waals surface area contributed by atoms with Gasteiger partial charge < -0.3 is 28.5 Å². The van der Waals surface area contributed by atoms with Gasteiger partial charge in [0.2, 0.25) is 5.91 Å². The molecule has 0 radical (unpaired) electrons. The summed E-state index contributed by atoms with van der Waals surface area (Å²) in [6.07, 6.45) is 71.2. The van der Waals surface area contributed by atoms with Crippen LogP contribution in [0.1, 0.15) is 265 Å². The minimum absolute atomic E-state index is 0.0285. The number of carbonyl (C=O) groups is 2. The Morgan fingerprint density at radius 3 is 1.41 bits per heavy atom. The molecule has 3 unspecified atom stereocenters. The topological polar surface area (TPSA) is 114 Å². The van der Waals surface area contributed by atoms with E-state index in [-0.39, 0.29) is 24.9 Å². The molecule has 0 aromatic heterocycles. The number of rotatable bonds is 55. The quantitative estimate of drug-likeness (QED) is 0.0161. The molecule has 75 heavy (non-hydrogen) atoms. The van der Waals surface area contributed by atoms with Gasteiger partial charge in [0.25, 0.3) is 7.82 Å². The molecule has 9 nitrogen and oxygen atoms in total. The van der Waals surface area contributed by atoms with Gasteiger partial charge in [0, 0.05) is 12.8 Å². The van der Waals surface area contributed by atoms with E-state index in [1.807, 2.05) is 33.3 Å². The molecular formula is C65H117N2O7P. The smallest absolute Gasteiger partial charge is 0.306 e. The molecule has 3 atom stereocenters. The van der Waals surface area contributed by atoms with Gasteiger partial charge in [-0.2, -0.15) is 0 Å². The maximum absolute atomic E-state index is 13.5. The Morgan fingerprint density at radius 2 is 0.907 bits per heavy atom. The van der Waals surface area contributed by atoms with E-state index >= 15 is 0 Å². The van der Waals surface area contributed by atoms with Crippen molar-refractivity contribution in [2.45, 2.75) is 277 Å². The average molecular weight is 1070 g/mol. The van der Waals surface area contributed by atoms with Gasteiger partial charge in [-0.25, -0.2) is 0 Å². The molecule has 0 heterocycles. The molecule has 1 N–H and O–H groups in total. The zero-order chi connectivity index (χ0) is 55.0. The van der Waals surface area contributed by atoms with Crippen molar-refractivity contribution in [2.24, 2.45) is 0 Å². The molecule has 0 spiro atoms. The number of allylic oxidation sites excluding steroid dienone is 13. The zero-order valence-corrected chi connectivity index (χ0v) is 50.4. The van der Waals surface area contributed by atoms with E-state index in [9.17, 15) is 19.0 Å². The Balaban J connectivity index is 5.18. The van der Waals surface area contributed by atoms with Crippen molar-refractivity contribution < 1.29 is 37.3 Å². The summed E-state index contributed by atoms with van der Waals surface area (Å²) < 4.78 is 30.3. The number of hydrogen-bond acceptors (Lipinski definition) is 7. The number of likely N-dealkylation sites (N-methyl/N-ethyl adjacent to an activating group) is 1. The molecule has 0 fully saturated rings. The minimum Gasteiger partial charge on any atom is -0.756 e. The van der Waals surface area contributed by atoms with E-state index in [0.29, 0.717) is 23.9 Å². The van der Waals surface area contributed by atoms with Gasteiger partial charge in [-0.3, -0.25) is 14.2 Å². The highest BCUT2D eigenvalue weighted by molar-refractivity contribution is 7.45. The molecule has 0 aliphatic heterocycles.